The van der Waals surface area contributed by atoms with Crippen molar-refractivity contribution in [1.29, 1.82) is 0 Å². The zero-order valence-electron chi connectivity index (χ0n) is 7.79. The fourth-order valence-electron chi connectivity index (χ4n) is 1.70. The second kappa shape index (κ2) is 2.73. The molecule has 3 rings (SSSR count). The first-order valence-electron chi connectivity index (χ1n) is 4.56. The van der Waals surface area contributed by atoms with E-state index in [-0.39, 0.29) is 0 Å². The van der Waals surface area contributed by atoms with Crippen LogP contribution in [0.5, 0.6) is 0 Å². The van der Waals surface area contributed by atoms with Gasteiger partial charge in [-0.25, -0.2) is 0 Å². The minimum atomic E-state index is 1.20. The summed E-state index contributed by atoms with van der Waals surface area (Å²) in [5.41, 5.74) is 1.31. The Bertz CT molecular complexity index is 605. The van der Waals surface area contributed by atoms with Crippen LogP contribution in [0.1, 0.15) is 5.56 Å². The first kappa shape index (κ1) is 7.84. The van der Waals surface area contributed by atoms with E-state index < -0.39 is 0 Å². The first-order valence-corrected chi connectivity index (χ1v) is 5.37. The normalized spacial score (nSPS) is 10.6. The van der Waals surface area contributed by atoms with Crippen molar-refractivity contribution in [2.24, 2.45) is 0 Å². The molecule has 1 heteroatoms. The summed E-state index contributed by atoms with van der Waals surface area (Å²) in [5.74, 6) is 0. The maximum absolute atomic E-state index is 3.18. The molecule has 0 fully saturated rings. The van der Waals surface area contributed by atoms with Crippen molar-refractivity contribution in [3.05, 3.63) is 48.0 Å². The van der Waals surface area contributed by atoms with Crippen molar-refractivity contribution in [2.45, 2.75) is 6.92 Å². The van der Waals surface area contributed by atoms with Crippen LogP contribution in [0.2, 0.25) is 0 Å². The summed E-state index contributed by atoms with van der Waals surface area (Å²) in [7, 11) is 0. The average Bonchev–Trinajstić information content (AvgIpc) is 2.54. The molecule has 0 N–H and O–H groups in total. The molecule has 1 heterocycles. The van der Waals surface area contributed by atoms with Gasteiger partial charge in [-0.15, -0.1) is 11.3 Å². The van der Waals surface area contributed by atoms with Gasteiger partial charge >= 0.3 is 0 Å². The minimum absolute atomic E-state index is 1.20. The Kier molecular flexibility index (Phi) is 1.53. The van der Waals surface area contributed by atoms with Crippen LogP contribution < -0.4 is 0 Å². The number of benzene rings is 1. The average molecular weight is 196 g/mol. The van der Waals surface area contributed by atoms with Crippen LogP contribution in [0, 0.1) is 19.1 Å². The molecule has 0 saturated heterocycles. The highest BCUT2D eigenvalue weighted by atomic mass is 32.1. The summed E-state index contributed by atoms with van der Waals surface area (Å²) in [6.07, 6.45) is 0. The second-order valence-electron chi connectivity index (χ2n) is 3.44. The van der Waals surface area contributed by atoms with E-state index in [1.807, 2.05) is 17.4 Å². The van der Waals surface area contributed by atoms with E-state index in [0.29, 0.717) is 0 Å². The van der Waals surface area contributed by atoms with Gasteiger partial charge in [0.05, 0.1) is 5.39 Å². The molecule has 0 aliphatic heterocycles. The van der Waals surface area contributed by atoms with Crippen molar-refractivity contribution < 1.29 is 0 Å². The van der Waals surface area contributed by atoms with Crippen molar-refractivity contribution in [2.75, 3.05) is 0 Å². The molecule has 2 aromatic carbocycles. The standard InChI is InChI=1S/C13H8S/c1-9-6-7-11-10-4-2-3-5-12(10)14-13(11)8-9/h3,5-8H,1H3. The molecule has 3 aromatic rings. The molecule has 0 bridgehead atoms. The number of rotatable bonds is 0. The molecular weight excluding hydrogens is 188 g/mol. The van der Waals surface area contributed by atoms with E-state index in [2.05, 4.69) is 43.3 Å². The third-order valence-electron chi connectivity index (χ3n) is 2.39. The Hall–Kier alpha value is -1.52. The van der Waals surface area contributed by atoms with E-state index in [0.717, 1.165) is 0 Å². The lowest BCUT2D eigenvalue weighted by atomic mass is 10.1. The van der Waals surface area contributed by atoms with Gasteiger partial charge in [0.1, 0.15) is 0 Å². The number of aryl methyl sites for hydroxylation is 1. The van der Waals surface area contributed by atoms with Crippen molar-refractivity contribution in [3.8, 4) is 0 Å². The fraction of sp³-hybridized carbons (Fsp3) is 0.0769. The second-order valence-corrected chi connectivity index (χ2v) is 4.53. The lowest BCUT2D eigenvalue weighted by Crippen LogP contribution is -1.68. The molecule has 0 radical (unpaired) electrons. The number of hydrogen-bond donors (Lipinski definition) is 0. The van der Waals surface area contributed by atoms with Gasteiger partial charge in [0.2, 0.25) is 0 Å². The molecule has 0 aliphatic rings. The first-order chi connectivity index (χ1) is 6.84. The van der Waals surface area contributed by atoms with E-state index in [9.17, 15) is 0 Å². The SMILES string of the molecule is Cc1ccc2c(c1)sc1ccc#cc12. The highest BCUT2D eigenvalue weighted by Gasteiger charge is 2.02. The third kappa shape index (κ3) is 1.01. The molecule has 0 atom stereocenters. The molecule has 0 nitrogen and oxygen atoms in total. The van der Waals surface area contributed by atoms with Crippen LogP contribution in [0.4, 0.5) is 0 Å². The summed E-state index contributed by atoms with van der Waals surface area (Å²) >= 11 is 1.82. The highest BCUT2D eigenvalue weighted by Crippen LogP contribution is 2.32. The molecule has 0 amide bonds. The maximum Gasteiger partial charge on any atom is 0.0508 e. The topological polar surface area (TPSA) is 0 Å². The van der Waals surface area contributed by atoms with Gasteiger partial charge in [0.25, 0.3) is 0 Å². The van der Waals surface area contributed by atoms with Gasteiger partial charge in [-0.05, 0) is 30.7 Å². The fourth-order valence-corrected chi connectivity index (χ4v) is 2.86. The van der Waals surface area contributed by atoms with Crippen molar-refractivity contribution in [3.63, 3.8) is 0 Å². The quantitative estimate of drug-likeness (QED) is 0.510. The molecule has 0 unspecified atom stereocenters. The molecule has 1 aromatic heterocycles. The zero-order valence-corrected chi connectivity index (χ0v) is 8.61. The lowest BCUT2D eigenvalue weighted by molar-refractivity contribution is 1.52. The van der Waals surface area contributed by atoms with Crippen molar-refractivity contribution >= 4 is 31.5 Å². The molecular formula is C13H8S. The van der Waals surface area contributed by atoms with Crippen LogP contribution in [0.3, 0.4) is 0 Å². The molecule has 66 valence electrons. The molecule has 0 saturated carbocycles. The molecule has 0 aliphatic carbocycles. The lowest BCUT2D eigenvalue weighted by Gasteiger charge is -1.90. The molecule has 14 heavy (non-hydrogen) atoms. The number of hydrogen-bond acceptors (Lipinski definition) is 1. The van der Waals surface area contributed by atoms with Crippen LogP contribution in [-0.4, -0.2) is 0 Å². The van der Waals surface area contributed by atoms with Gasteiger partial charge < -0.3 is 0 Å². The van der Waals surface area contributed by atoms with Gasteiger partial charge in [-0.1, -0.05) is 24.3 Å². The van der Waals surface area contributed by atoms with Gasteiger partial charge in [0, 0.05) is 14.8 Å². The minimum Gasteiger partial charge on any atom is -0.134 e. The summed E-state index contributed by atoms with van der Waals surface area (Å²) in [4.78, 5) is 0. The Morgan fingerprint density at radius 2 is 2.07 bits per heavy atom. The Morgan fingerprint density at radius 1 is 1.14 bits per heavy atom. The van der Waals surface area contributed by atoms with Gasteiger partial charge in [-0.3, -0.25) is 0 Å². The predicted molar refractivity (Wildman–Crippen MR) is 61.7 cm³/mol. The largest absolute Gasteiger partial charge is 0.134 e. The maximum atomic E-state index is 3.18. The number of fused-ring (bicyclic) bond motifs is 3. The van der Waals surface area contributed by atoms with Crippen LogP contribution >= 0.6 is 11.3 Å². The monoisotopic (exact) mass is 196 g/mol. The van der Waals surface area contributed by atoms with Crippen LogP contribution in [-0.2, 0) is 0 Å². The molecule has 0 spiro atoms. The third-order valence-corrected chi connectivity index (χ3v) is 3.51. The summed E-state index contributed by atoms with van der Waals surface area (Å²) in [6.45, 7) is 2.12. The Balaban J connectivity index is 2.57. The van der Waals surface area contributed by atoms with E-state index in [1.54, 1.807) is 0 Å². The predicted octanol–water partition coefficient (Wildman–Crippen LogP) is 3.96. The highest BCUT2D eigenvalue weighted by molar-refractivity contribution is 7.25. The van der Waals surface area contributed by atoms with E-state index in [4.69, 9.17) is 0 Å². The summed E-state index contributed by atoms with van der Waals surface area (Å²) in [5, 5.41) is 2.50. The van der Waals surface area contributed by atoms with E-state index in [1.165, 1.54) is 25.7 Å². The van der Waals surface area contributed by atoms with E-state index >= 15 is 0 Å². The Morgan fingerprint density at radius 3 is 3.00 bits per heavy atom. The van der Waals surface area contributed by atoms with Gasteiger partial charge in [0.15, 0.2) is 0 Å². The summed E-state index contributed by atoms with van der Waals surface area (Å²) < 4.78 is 2.64. The Labute approximate surface area is 86.8 Å². The smallest absolute Gasteiger partial charge is 0.0508 e. The number of thiophene rings is 1. The summed E-state index contributed by atoms with van der Waals surface area (Å²) in [6, 6.07) is 16.8. The van der Waals surface area contributed by atoms with Crippen LogP contribution in [0.25, 0.3) is 20.2 Å². The van der Waals surface area contributed by atoms with Crippen molar-refractivity contribution in [1.82, 2.24) is 0 Å². The van der Waals surface area contributed by atoms with Crippen LogP contribution in [0.15, 0.2) is 30.3 Å². The zero-order chi connectivity index (χ0) is 9.54. The van der Waals surface area contributed by atoms with Gasteiger partial charge in [-0.2, -0.15) is 0 Å².